The average Bonchev–Trinajstić information content (AvgIpc) is 3.17. The Morgan fingerprint density at radius 2 is 1.76 bits per heavy atom. The van der Waals surface area contributed by atoms with Crippen molar-refractivity contribution in [2.24, 2.45) is 0 Å². The first-order chi connectivity index (χ1) is 10.4. The van der Waals surface area contributed by atoms with Crippen molar-refractivity contribution in [1.82, 2.24) is 5.32 Å². The zero-order valence-electron chi connectivity index (χ0n) is 12.5. The summed E-state index contributed by atoms with van der Waals surface area (Å²) in [7, 11) is 0. The number of hydrogen-bond acceptors (Lipinski definition) is 4. The number of anilines is 1. The van der Waals surface area contributed by atoms with Gasteiger partial charge in [-0.2, -0.15) is 0 Å². The quantitative estimate of drug-likeness (QED) is 0.927. The molecule has 4 heteroatoms. The Balaban J connectivity index is 1.42. The van der Waals surface area contributed by atoms with E-state index in [0.29, 0.717) is 12.8 Å². The Morgan fingerprint density at radius 1 is 0.952 bits per heavy atom. The molecule has 1 aromatic rings. The average molecular weight is 288 g/mol. The van der Waals surface area contributed by atoms with Crippen LogP contribution in [0.1, 0.15) is 38.5 Å². The molecule has 4 nitrogen and oxygen atoms in total. The molecule has 0 amide bonds. The first kappa shape index (κ1) is 13.3. The topological polar surface area (TPSA) is 33.7 Å². The van der Waals surface area contributed by atoms with Gasteiger partial charge in [0.05, 0.1) is 0 Å². The molecule has 0 aromatic heterocycles. The van der Waals surface area contributed by atoms with Gasteiger partial charge in [0.15, 0.2) is 11.5 Å². The van der Waals surface area contributed by atoms with Crippen LogP contribution in [0.2, 0.25) is 0 Å². The van der Waals surface area contributed by atoms with E-state index in [0.717, 1.165) is 30.6 Å². The number of fused-ring (bicyclic) bond motifs is 1. The van der Waals surface area contributed by atoms with Gasteiger partial charge < -0.3 is 19.7 Å². The van der Waals surface area contributed by atoms with Crippen LogP contribution in [0.15, 0.2) is 18.2 Å². The largest absolute Gasteiger partial charge is 0.454 e. The molecule has 1 aliphatic carbocycles. The standard InChI is InChI=1S/C17H24N2O2/c1-2-5-13(4-1)18-14-6-3-9-19(11-14)15-7-8-16-17(10-15)21-12-20-16/h7-8,10,13-14,18H,1-6,9,11-12H2. The van der Waals surface area contributed by atoms with E-state index in [1.165, 1.54) is 44.2 Å². The maximum Gasteiger partial charge on any atom is 0.231 e. The van der Waals surface area contributed by atoms with Crippen LogP contribution in [0, 0.1) is 0 Å². The fourth-order valence-electron chi connectivity index (χ4n) is 3.86. The Kier molecular flexibility index (Phi) is 3.63. The molecule has 2 heterocycles. The lowest BCUT2D eigenvalue weighted by Gasteiger charge is -2.36. The molecule has 1 aromatic carbocycles. The minimum absolute atomic E-state index is 0.352. The number of rotatable bonds is 3. The van der Waals surface area contributed by atoms with Gasteiger partial charge in [0.1, 0.15) is 0 Å². The number of nitrogens with zero attached hydrogens (tertiary/aromatic N) is 1. The minimum Gasteiger partial charge on any atom is -0.454 e. The number of hydrogen-bond donors (Lipinski definition) is 1. The summed E-state index contributed by atoms with van der Waals surface area (Å²) in [4.78, 5) is 2.48. The van der Waals surface area contributed by atoms with Crippen LogP contribution in [0.25, 0.3) is 0 Å². The molecule has 3 aliphatic rings. The van der Waals surface area contributed by atoms with Crippen LogP contribution in [0.3, 0.4) is 0 Å². The Morgan fingerprint density at radius 3 is 2.67 bits per heavy atom. The Hall–Kier alpha value is -1.42. The first-order valence-electron chi connectivity index (χ1n) is 8.29. The van der Waals surface area contributed by atoms with E-state index in [9.17, 15) is 0 Å². The van der Waals surface area contributed by atoms with Crippen molar-refractivity contribution in [2.45, 2.75) is 50.6 Å². The maximum absolute atomic E-state index is 5.50. The SMILES string of the molecule is c1cc2c(cc1N1CCCC(NC3CCCC3)C1)OCO2. The summed E-state index contributed by atoms with van der Waals surface area (Å²) in [5.41, 5.74) is 1.26. The molecular formula is C17H24N2O2. The first-order valence-corrected chi connectivity index (χ1v) is 8.29. The fourth-order valence-corrected chi connectivity index (χ4v) is 3.86. The van der Waals surface area contributed by atoms with Crippen molar-refractivity contribution < 1.29 is 9.47 Å². The third-order valence-electron chi connectivity index (χ3n) is 4.97. The van der Waals surface area contributed by atoms with Crippen LogP contribution in [0.4, 0.5) is 5.69 Å². The van der Waals surface area contributed by atoms with Gasteiger partial charge in [0.25, 0.3) is 0 Å². The minimum atomic E-state index is 0.352. The van der Waals surface area contributed by atoms with E-state index in [2.05, 4.69) is 22.3 Å². The van der Waals surface area contributed by atoms with E-state index < -0.39 is 0 Å². The third-order valence-corrected chi connectivity index (χ3v) is 4.97. The lowest BCUT2D eigenvalue weighted by molar-refractivity contribution is 0.174. The molecule has 0 radical (unpaired) electrons. The van der Waals surface area contributed by atoms with E-state index in [1.54, 1.807) is 0 Å². The van der Waals surface area contributed by atoms with Gasteiger partial charge in [-0.3, -0.25) is 0 Å². The van der Waals surface area contributed by atoms with E-state index in [4.69, 9.17) is 9.47 Å². The Labute approximate surface area is 126 Å². The smallest absolute Gasteiger partial charge is 0.231 e. The van der Waals surface area contributed by atoms with Gasteiger partial charge >= 0.3 is 0 Å². The number of ether oxygens (including phenoxy) is 2. The molecule has 0 spiro atoms. The predicted molar refractivity (Wildman–Crippen MR) is 83.2 cm³/mol. The summed E-state index contributed by atoms with van der Waals surface area (Å²) >= 11 is 0. The highest BCUT2D eigenvalue weighted by atomic mass is 16.7. The van der Waals surface area contributed by atoms with Crippen molar-refractivity contribution >= 4 is 5.69 Å². The summed E-state index contributed by atoms with van der Waals surface area (Å²) < 4.78 is 10.9. The van der Waals surface area contributed by atoms with Crippen molar-refractivity contribution in [3.63, 3.8) is 0 Å². The van der Waals surface area contributed by atoms with Crippen LogP contribution in [-0.2, 0) is 0 Å². The molecule has 114 valence electrons. The van der Waals surface area contributed by atoms with Gasteiger partial charge in [-0.15, -0.1) is 0 Å². The van der Waals surface area contributed by atoms with Crippen LogP contribution >= 0.6 is 0 Å². The predicted octanol–water partition coefficient (Wildman–Crippen LogP) is 2.92. The van der Waals surface area contributed by atoms with E-state index >= 15 is 0 Å². The van der Waals surface area contributed by atoms with Crippen molar-refractivity contribution in [3.05, 3.63) is 18.2 Å². The second-order valence-electron chi connectivity index (χ2n) is 6.47. The normalized spacial score (nSPS) is 25.5. The van der Waals surface area contributed by atoms with E-state index in [1.807, 2.05) is 6.07 Å². The molecule has 1 saturated carbocycles. The van der Waals surface area contributed by atoms with Gasteiger partial charge in [-0.25, -0.2) is 0 Å². The second kappa shape index (κ2) is 5.76. The van der Waals surface area contributed by atoms with E-state index in [-0.39, 0.29) is 0 Å². The summed E-state index contributed by atoms with van der Waals surface area (Å²) in [6.07, 6.45) is 8.09. The lowest BCUT2D eigenvalue weighted by atomic mass is 10.0. The summed E-state index contributed by atoms with van der Waals surface area (Å²) in [5.74, 6) is 1.76. The third kappa shape index (κ3) is 2.82. The Bertz CT molecular complexity index is 500. The summed E-state index contributed by atoms with van der Waals surface area (Å²) in [6, 6.07) is 7.70. The lowest BCUT2D eigenvalue weighted by Crippen LogP contribution is -2.48. The fraction of sp³-hybridized carbons (Fsp3) is 0.647. The van der Waals surface area contributed by atoms with Gasteiger partial charge in [0.2, 0.25) is 6.79 Å². The highest BCUT2D eigenvalue weighted by Crippen LogP contribution is 2.36. The number of benzene rings is 1. The van der Waals surface area contributed by atoms with Gasteiger partial charge in [-0.05, 0) is 37.8 Å². The molecule has 1 saturated heterocycles. The molecule has 2 aliphatic heterocycles. The molecule has 0 bridgehead atoms. The number of piperidine rings is 1. The molecule has 1 atom stereocenters. The maximum atomic E-state index is 5.50. The molecule has 21 heavy (non-hydrogen) atoms. The van der Waals surface area contributed by atoms with Gasteiger partial charge in [-0.1, -0.05) is 12.8 Å². The van der Waals surface area contributed by atoms with Crippen LogP contribution < -0.4 is 19.7 Å². The highest BCUT2D eigenvalue weighted by molar-refractivity contribution is 5.57. The summed E-state index contributed by atoms with van der Waals surface area (Å²) in [5, 5.41) is 3.87. The van der Waals surface area contributed by atoms with Crippen molar-refractivity contribution in [2.75, 3.05) is 24.8 Å². The molecule has 1 unspecified atom stereocenters. The number of nitrogens with one attached hydrogen (secondary N) is 1. The monoisotopic (exact) mass is 288 g/mol. The molecular weight excluding hydrogens is 264 g/mol. The molecule has 4 rings (SSSR count). The second-order valence-corrected chi connectivity index (χ2v) is 6.47. The van der Waals surface area contributed by atoms with Crippen molar-refractivity contribution in [1.29, 1.82) is 0 Å². The van der Waals surface area contributed by atoms with Crippen molar-refractivity contribution in [3.8, 4) is 11.5 Å². The van der Waals surface area contributed by atoms with Crippen LogP contribution in [0.5, 0.6) is 11.5 Å². The molecule has 1 N–H and O–H groups in total. The molecule has 2 fully saturated rings. The van der Waals surface area contributed by atoms with Crippen LogP contribution in [-0.4, -0.2) is 32.0 Å². The van der Waals surface area contributed by atoms with Gasteiger partial charge in [0, 0.05) is 36.9 Å². The summed E-state index contributed by atoms with van der Waals surface area (Å²) in [6.45, 7) is 2.60. The zero-order valence-corrected chi connectivity index (χ0v) is 12.5. The highest BCUT2D eigenvalue weighted by Gasteiger charge is 2.25. The zero-order chi connectivity index (χ0) is 14.1.